The van der Waals surface area contributed by atoms with Gasteiger partial charge in [-0.05, 0) is 74.4 Å². The average Bonchev–Trinajstić information content (AvgIpc) is 3.37. The van der Waals surface area contributed by atoms with Crippen molar-refractivity contribution in [1.29, 1.82) is 0 Å². The summed E-state index contributed by atoms with van der Waals surface area (Å²) in [6.07, 6.45) is 1.71. The van der Waals surface area contributed by atoms with E-state index in [2.05, 4.69) is 0 Å². The molecule has 35 heavy (non-hydrogen) atoms. The predicted octanol–water partition coefficient (Wildman–Crippen LogP) is 4.81. The summed E-state index contributed by atoms with van der Waals surface area (Å²) < 4.78 is 38.2. The molecule has 1 heterocycles. The number of carbonyl (C=O) groups excluding carboxylic acids is 1. The first-order valence-corrected chi connectivity index (χ1v) is 12.9. The van der Waals surface area contributed by atoms with Gasteiger partial charge in [-0.1, -0.05) is 17.7 Å². The van der Waals surface area contributed by atoms with Crippen LogP contribution in [0.15, 0.2) is 71.6 Å². The van der Waals surface area contributed by atoms with Gasteiger partial charge in [-0.3, -0.25) is 9.10 Å². The van der Waals surface area contributed by atoms with E-state index in [-0.39, 0.29) is 16.8 Å². The van der Waals surface area contributed by atoms with E-state index in [0.717, 1.165) is 24.0 Å². The molecule has 3 aromatic rings. The normalized spacial score (nSPS) is 15.7. The Bertz CT molecular complexity index is 1300. The Morgan fingerprint density at radius 3 is 2.29 bits per heavy atom. The van der Waals surface area contributed by atoms with Gasteiger partial charge in [-0.15, -0.1) is 0 Å². The third-order valence-corrected chi connectivity index (χ3v) is 8.27. The zero-order chi connectivity index (χ0) is 25.2. The lowest BCUT2D eigenvalue weighted by atomic mass is 10.0. The molecular formula is C27H30N2O5S. The quantitative estimate of drug-likeness (QED) is 0.471. The van der Waals surface area contributed by atoms with Gasteiger partial charge in [0.1, 0.15) is 11.5 Å². The second kappa shape index (κ2) is 10.00. The Kier molecular flexibility index (Phi) is 7.03. The van der Waals surface area contributed by atoms with Gasteiger partial charge in [-0.25, -0.2) is 8.42 Å². The molecule has 4 rings (SSSR count). The van der Waals surface area contributed by atoms with Crippen molar-refractivity contribution in [3.05, 3.63) is 83.4 Å². The SMILES string of the molecule is COc1ccc(OC)c(C2CCCN2C(=O)c2ccc(N(C)S(=O)(=O)c3ccc(C)cc3)cc2)c1. The second-order valence-corrected chi connectivity index (χ2v) is 10.6. The number of methoxy groups -OCH3 is 2. The van der Waals surface area contributed by atoms with E-state index in [9.17, 15) is 13.2 Å². The highest BCUT2D eigenvalue weighted by Crippen LogP contribution is 2.39. The number of nitrogens with zero attached hydrogens (tertiary/aromatic N) is 2. The first-order valence-electron chi connectivity index (χ1n) is 11.4. The highest BCUT2D eigenvalue weighted by Gasteiger charge is 2.33. The van der Waals surface area contributed by atoms with Crippen LogP contribution < -0.4 is 13.8 Å². The van der Waals surface area contributed by atoms with Gasteiger partial charge in [0.2, 0.25) is 0 Å². The van der Waals surface area contributed by atoms with Crippen molar-refractivity contribution in [3.8, 4) is 11.5 Å². The van der Waals surface area contributed by atoms with Gasteiger partial charge in [0.25, 0.3) is 15.9 Å². The third-order valence-electron chi connectivity index (χ3n) is 6.47. The minimum atomic E-state index is -3.70. The van der Waals surface area contributed by atoms with Crippen LogP contribution in [0.3, 0.4) is 0 Å². The molecule has 0 spiro atoms. The van der Waals surface area contributed by atoms with Crippen LogP contribution in [0.25, 0.3) is 0 Å². The predicted molar refractivity (Wildman–Crippen MR) is 136 cm³/mol. The molecule has 1 fully saturated rings. The summed E-state index contributed by atoms with van der Waals surface area (Å²) in [6.45, 7) is 2.54. The summed E-state index contributed by atoms with van der Waals surface area (Å²) >= 11 is 0. The summed E-state index contributed by atoms with van der Waals surface area (Å²) in [5.74, 6) is 1.32. The molecule has 0 radical (unpaired) electrons. The molecule has 1 aliphatic rings. The number of hydrogen-bond acceptors (Lipinski definition) is 5. The lowest BCUT2D eigenvalue weighted by molar-refractivity contribution is 0.0734. The van der Waals surface area contributed by atoms with Gasteiger partial charge in [-0.2, -0.15) is 0 Å². The second-order valence-electron chi connectivity index (χ2n) is 8.60. The van der Waals surface area contributed by atoms with Crippen LogP contribution in [0.5, 0.6) is 11.5 Å². The van der Waals surface area contributed by atoms with Crippen LogP contribution in [0.4, 0.5) is 5.69 Å². The lowest BCUT2D eigenvalue weighted by Crippen LogP contribution is -2.31. The molecular weight excluding hydrogens is 464 g/mol. The van der Waals surface area contributed by atoms with Gasteiger partial charge in [0.15, 0.2) is 0 Å². The van der Waals surface area contributed by atoms with Crippen molar-refractivity contribution in [2.24, 2.45) is 0 Å². The molecule has 0 aromatic heterocycles. The summed E-state index contributed by atoms with van der Waals surface area (Å²) in [5, 5.41) is 0. The first kappa shape index (κ1) is 24.6. The zero-order valence-electron chi connectivity index (χ0n) is 20.4. The Hall–Kier alpha value is -3.52. The summed E-state index contributed by atoms with van der Waals surface area (Å²) in [5.41, 5.74) is 2.89. The molecule has 0 saturated carbocycles. The van der Waals surface area contributed by atoms with Crippen molar-refractivity contribution in [3.63, 3.8) is 0 Å². The molecule has 7 nitrogen and oxygen atoms in total. The zero-order valence-corrected chi connectivity index (χ0v) is 21.2. The van der Waals surface area contributed by atoms with E-state index in [1.807, 2.05) is 30.0 Å². The average molecular weight is 495 g/mol. The monoisotopic (exact) mass is 494 g/mol. The van der Waals surface area contributed by atoms with Crippen molar-refractivity contribution >= 4 is 21.6 Å². The molecule has 3 aromatic carbocycles. The molecule has 1 atom stereocenters. The van der Waals surface area contributed by atoms with E-state index in [0.29, 0.717) is 29.3 Å². The summed E-state index contributed by atoms with van der Waals surface area (Å²) in [7, 11) is 1.04. The molecule has 1 saturated heterocycles. The fourth-order valence-electron chi connectivity index (χ4n) is 4.42. The van der Waals surface area contributed by atoms with Crippen LogP contribution in [0.2, 0.25) is 0 Å². The molecule has 1 aliphatic heterocycles. The van der Waals surface area contributed by atoms with Crippen molar-refractivity contribution in [2.45, 2.75) is 30.7 Å². The number of carbonyl (C=O) groups is 1. The van der Waals surface area contributed by atoms with Crippen LogP contribution in [-0.2, 0) is 10.0 Å². The van der Waals surface area contributed by atoms with E-state index < -0.39 is 10.0 Å². The Morgan fingerprint density at radius 2 is 1.66 bits per heavy atom. The van der Waals surface area contributed by atoms with E-state index in [1.54, 1.807) is 62.8 Å². The maximum absolute atomic E-state index is 13.4. The molecule has 0 aliphatic carbocycles. The summed E-state index contributed by atoms with van der Waals surface area (Å²) in [4.78, 5) is 15.5. The number of benzene rings is 3. The van der Waals surface area contributed by atoms with Gasteiger partial charge in [0.05, 0.1) is 30.8 Å². The first-order chi connectivity index (χ1) is 16.8. The van der Waals surface area contributed by atoms with Crippen molar-refractivity contribution in [2.75, 3.05) is 32.1 Å². The molecule has 1 amide bonds. The molecule has 1 unspecified atom stereocenters. The number of rotatable bonds is 7. The molecule has 184 valence electrons. The highest BCUT2D eigenvalue weighted by atomic mass is 32.2. The largest absolute Gasteiger partial charge is 0.497 e. The standard InChI is InChI=1S/C27H30N2O5S/c1-19-7-14-23(15-8-19)35(31,32)28(2)21-11-9-20(10-12-21)27(30)29-17-5-6-25(29)24-18-22(33-3)13-16-26(24)34-4/h7-16,18,25H,5-6,17H2,1-4H3. The third kappa shape index (κ3) is 4.84. The van der Waals surface area contributed by atoms with Crippen LogP contribution in [-0.4, -0.2) is 47.0 Å². The summed E-state index contributed by atoms with van der Waals surface area (Å²) in [6, 6.07) is 18.9. The highest BCUT2D eigenvalue weighted by molar-refractivity contribution is 7.92. The fraction of sp³-hybridized carbons (Fsp3) is 0.296. The van der Waals surface area contributed by atoms with Crippen molar-refractivity contribution < 1.29 is 22.7 Å². The van der Waals surface area contributed by atoms with Gasteiger partial charge < -0.3 is 14.4 Å². The number of aryl methyl sites for hydroxylation is 1. The van der Waals surface area contributed by atoms with Crippen LogP contribution in [0.1, 0.15) is 40.4 Å². The van der Waals surface area contributed by atoms with Gasteiger partial charge in [0, 0.05) is 24.7 Å². The lowest BCUT2D eigenvalue weighted by Gasteiger charge is -2.27. The van der Waals surface area contributed by atoms with Crippen LogP contribution >= 0.6 is 0 Å². The Morgan fingerprint density at radius 1 is 0.971 bits per heavy atom. The maximum Gasteiger partial charge on any atom is 0.264 e. The molecule has 8 heteroatoms. The Balaban J connectivity index is 1.56. The van der Waals surface area contributed by atoms with Crippen molar-refractivity contribution in [1.82, 2.24) is 4.90 Å². The topological polar surface area (TPSA) is 76.2 Å². The smallest absolute Gasteiger partial charge is 0.264 e. The number of amides is 1. The number of likely N-dealkylation sites (tertiary alicyclic amines) is 1. The van der Waals surface area contributed by atoms with E-state index in [1.165, 1.54) is 11.4 Å². The molecule has 0 bridgehead atoms. The minimum absolute atomic E-state index is 0.104. The van der Waals surface area contributed by atoms with Gasteiger partial charge >= 0.3 is 0 Å². The fourth-order valence-corrected chi connectivity index (χ4v) is 5.62. The maximum atomic E-state index is 13.4. The number of anilines is 1. The minimum Gasteiger partial charge on any atom is -0.497 e. The number of ether oxygens (including phenoxy) is 2. The van der Waals surface area contributed by atoms with Crippen LogP contribution in [0, 0.1) is 6.92 Å². The Labute approximate surface area is 206 Å². The van der Waals surface area contributed by atoms with E-state index in [4.69, 9.17) is 9.47 Å². The number of hydrogen-bond donors (Lipinski definition) is 0. The molecule has 0 N–H and O–H groups in total. The number of sulfonamides is 1. The van der Waals surface area contributed by atoms with E-state index >= 15 is 0 Å².